The Bertz CT molecular complexity index is 779. The van der Waals surface area contributed by atoms with Gasteiger partial charge in [0.2, 0.25) is 0 Å². The van der Waals surface area contributed by atoms with Crippen molar-refractivity contribution in [3.05, 3.63) is 94.1 Å². The van der Waals surface area contributed by atoms with Crippen molar-refractivity contribution in [2.75, 3.05) is 0 Å². The summed E-state index contributed by atoms with van der Waals surface area (Å²) in [7, 11) is 0. The van der Waals surface area contributed by atoms with Gasteiger partial charge in [0.1, 0.15) is 0 Å². The van der Waals surface area contributed by atoms with E-state index in [9.17, 15) is 0 Å². The molecule has 0 saturated heterocycles. The molecule has 1 aromatic heterocycles. The monoisotopic (exact) mass is 321 g/mol. The highest BCUT2D eigenvalue weighted by atomic mass is 32.1. The average molecular weight is 321 g/mol. The molecular formula is C19H19N3S. The van der Waals surface area contributed by atoms with Crippen molar-refractivity contribution in [1.82, 2.24) is 10.3 Å². The predicted molar refractivity (Wildman–Crippen MR) is 96.9 cm³/mol. The van der Waals surface area contributed by atoms with Crippen molar-refractivity contribution in [1.29, 1.82) is 0 Å². The number of hydrogen-bond acceptors (Lipinski definition) is 4. The Morgan fingerprint density at radius 2 is 1.74 bits per heavy atom. The lowest BCUT2D eigenvalue weighted by molar-refractivity contribution is 0.736. The van der Waals surface area contributed by atoms with Crippen molar-refractivity contribution in [2.45, 2.75) is 13.0 Å². The van der Waals surface area contributed by atoms with E-state index in [-0.39, 0.29) is 6.04 Å². The Morgan fingerprint density at radius 1 is 1.09 bits per heavy atom. The van der Waals surface area contributed by atoms with E-state index in [0.717, 1.165) is 11.3 Å². The maximum atomic E-state index is 6.20. The molecule has 0 spiro atoms. The summed E-state index contributed by atoms with van der Waals surface area (Å²) in [4.78, 5) is 5.58. The second kappa shape index (κ2) is 7.11. The topological polar surface area (TPSA) is 50.9 Å². The third kappa shape index (κ3) is 3.60. The number of nitrogens with zero attached hydrogens (tertiary/aromatic N) is 1. The highest BCUT2D eigenvalue weighted by Crippen LogP contribution is 2.28. The molecule has 0 aliphatic heterocycles. The van der Waals surface area contributed by atoms with Crippen LogP contribution in [-0.2, 0) is 0 Å². The molecule has 4 heteroatoms. The minimum atomic E-state index is 0.0472. The van der Waals surface area contributed by atoms with Crippen LogP contribution < -0.4 is 11.1 Å². The van der Waals surface area contributed by atoms with Crippen molar-refractivity contribution < 1.29 is 0 Å². The number of hydrogen-bond donors (Lipinski definition) is 2. The van der Waals surface area contributed by atoms with Crippen LogP contribution in [0.15, 0.2) is 72.4 Å². The fourth-order valence-electron chi connectivity index (χ4n) is 2.44. The zero-order chi connectivity index (χ0) is 16.1. The number of aromatic nitrogens is 1. The SMILES string of the molecule is Cc1ncsc1C(N/C=C(\N)c1ccccc1)c1ccccc1. The summed E-state index contributed by atoms with van der Waals surface area (Å²) in [6, 6.07) is 20.3. The first-order valence-corrected chi connectivity index (χ1v) is 8.35. The normalized spacial score (nSPS) is 12.8. The summed E-state index contributed by atoms with van der Waals surface area (Å²) in [5.74, 6) is 0. The fraction of sp³-hybridized carbons (Fsp3) is 0.105. The van der Waals surface area contributed by atoms with E-state index in [2.05, 4.69) is 22.4 Å². The summed E-state index contributed by atoms with van der Waals surface area (Å²) < 4.78 is 0. The quantitative estimate of drug-likeness (QED) is 0.744. The van der Waals surface area contributed by atoms with Crippen LogP contribution in [0.1, 0.15) is 27.7 Å². The van der Waals surface area contributed by atoms with Crippen LogP contribution in [0.5, 0.6) is 0 Å². The molecule has 3 N–H and O–H groups in total. The summed E-state index contributed by atoms with van der Waals surface area (Å²) in [6.07, 6.45) is 1.88. The first kappa shape index (κ1) is 15.3. The fourth-order valence-corrected chi connectivity index (χ4v) is 3.33. The number of benzene rings is 2. The molecule has 3 nitrogen and oxygen atoms in total. The van der Waals surface area contributed by atoms with E-state index in [4.69, 9.17) is 5.73 Å². The highest BCUT2D eigenvalue weighted by molar-refractivity contribution is 7.09. The van der Waals surface area contributed by atoms with Gasteiger partial charge in [0.25, 0.3) is 0 Å². The van der Waals surface area contributed by atoms with E-state index in [1.54, 1.807) is 11.3 Å². The van der Waals surface area contributed by atoms with Gasteiger partial charge in [-0.3, -0.25) is 0 Å². The third-order valence-electron chi connectivity index (χ3n) is 3.69. The average Bonchev–Trinajstić information content (AvgIpc) is 3.03. The molecular weight excluding hydrogens is 302 g/mol. The molecule has 3 aromatic rings. The van der Waals surface area contributed by atoms with Gasteiger partial charge in [-0.05, 0) is 18.1 Å². The standard InChI is InChI=1S/C19H19N3S/c1-14-19(23-13-22-14)18(16-10-6-3-7-11-16)21-12-17(20)15-8-4-2-5-9-15/h2-13,18,21H,20H2,1H3/b17-12-. The Balaban J connectivity index is 1.90. The summed E-state index contributed by atoms with van der Waals surface area (Å²) >= 11 is 1.66. The smallest absolute Gasteiger partial charge is 0.0875 e. The Morgan fingerprint density at radius 3 is 2.35 bits per heavy atom. The molecule has 0 aliphatic carbocycles. The van der Waals surface area contributed by atoms with Crippen LogP contribution in [0.2, 0.25) is 0 Å². The Hall–Kier alpha value is -2.59. The van der Waals surface area contributed by atoms with Crippen LogP contribution in [0, 0.1) is 6.92 Å². The molecule has 116 valence electrons. The van der Waals surface area contributed by atoms with Crippen molar-refractivity contribution in [3.8, 4) is 0 Å². The molecule has 0 aliphatic rings. The van der Waals surface area contributed by atoms with Gasteiger partial charge in [0, 0.05) is 6.20 Å². The minimum Gasteiger partial charge on any atom is -0.397 e. The van der Waals surface area contributed by atoms with Crippen LogP contribution in [-0.4, -0.2) is 4.98 Å². The van der Waals surface area contributed by atoms with Crippen LogP contribution in [0.3, 0.4) is 0 Å². The van der Waals surface area contributed by atoms with E-state index in [1.165, 1.54) is 10.4 Å². The van der Waals surface area contributed by atoms with Gasteiger partial charge in [-0.2, -0.15) is 0 Å². The van der Waals surface area contributed by atoms with Crippen LogP contribution in [0.25, 0.3) is 5.70 Å². The molecule has 1 unspecified atom stereocenters. The van der Waals surface area contributed by atoms with Gasteiger partial charge >= 0.3 is 0 Å². The van der Waals surface area contributed by atoms with Crippen LogP contribution in [0.4, 0.5) is 0 Å². The van der Waals surface area contributed by atoms with Gasteiger partial charge in [-0.1, -0.05) is 60.7 Å². The maximum Gasteiger partial charge on any atom is 0.0875 e. The third-order valence-corrected chi connectivity index (χ3v) is 4.69. The zero-order valence-electron chi connectivity index (χ0n) is 12.9. The van der Waals surface area contributed by atoms with Gasteiger partial charge in [-0.25, -0.2) is 4.98 Å². The van der Waals surface area contributed by atoms with E-state index in [0.29, 0.717) is 5.70 Å². The molecule has 0 amide bonds. The van der Waals surface area contributed by atoms with Crippen molar-refractivity contribution in [2.24, 2.45) is 5.73 Å². The lowest BCUT2D eigenvalue weighted by atomic mass is 10.0. The second-order valence-electron chi connectivity index (χ2n) is 5.28. The maximum absolute atomic E-state index is 6.20. The molecule has 2 aromatic carbocycles. The summed E-state index contributed by atoms with van der Waals surface area (Å²) in [5, 5.41) is 3.46. The first-order valence-electron chi connectivity index (χ1n) is 7.48. The molecule has 1 heterocycles. The van der Waals surface area contributed by atoms with E-state index < -0.39 is 0 Å². The molecule has 0 saturated carbocycles. The van der Waals surface area contributed by atoms with E-state index >= 15 is 0 Å². The molecule has 1 atom stereocenters. The van der Waals surface area contributed by atoms with Gasteiger partial charge < -0.3 is 11.1 Å². The Kier molecular flexibility index (Phi) is 4.74. The lowest BCUT2D eigenvalue weighted by Crippen LogP contribution is -2.18. The molecule has 0 radical (unpaired) electrons. The number of nitrogens with two attached hydrogens (primary N) is 1. The number of aryl methyl sites for hydroxylation is 1. The largest absolute Gasteiger partial charge is 0.397 e. The van der Waals surface area contributed by atoms with Crippen molar-refractivity contribution >= 4 is 17.0 Å². The molecule has 0 bridgehead atoms. The lowest BCUT2D eigenvalue weighted by Gasteiger charge is -2.18. The molecule has 3 rings (SSSR count). The highest BCUT2D eigenvalue weighted by Gasteiger charge is 2.17. The number of rotatable bonds is 5. The second-order valence-corrected chi connectivity index (χ2v) is 6.16. The van der Waals surface area contributed by atoms with Gasteiger partial charge in [-0.15, -0.1) is 11.3 Å². The number of nitrogens with one attached hydrogen (secondary N) is 1. The summed E-state index contributed by atoms with van der Waals surface area (Å²) in [6.45, 7) is 2.04. The number of thiazole rings is 1. The zero-order valence-corrected chi connectivity index (χ0v) is 13.8. The van der Waals surface area contributed by atoms with E-state index in [1.807, 2.05) is 67.2 Å². The summed E-state index contributed by atoms with van der Waals surface area (Å²) in [5.41, 5.74) is 12.0. The van der Waals surface area contributed by atoms with Gasteiger partial charge in [0.15, 0.2) is 0 Å². The minimum absolute atomic E-state index is 0.0472. The van der Waals surface area contributed by atoms with Crippen LogP contribution >= 0.6 is 11.3 Å². The predicted octanol–water partition coefficient (Wildman–Crippen LogP) is 4.09. The molecule has 23 heavy (non-hydrogen) atoms. The Labute approximate surface area is 140 Å². The first-order chi connectivity index (χ1) is 11.3. The molecule has 0 fully saturated rings. The van der Waals surface area contributed by atoms with Gasteiger partial charge in [0.05, 0.1) is 27.8 Å². The van der Waals surface area contributed by atoms with Crippen molar-refractivity contribution in [3.63, 3.8) is 0 Å².